The molecular weight excluding hydrogens is 486 g/mol. The summed E-state index contributed by atoms with van der Waals surface area (Å²) in [6.07, 6.45) is 1.28. The second kappa shape index (κ2) is 9.62. The van der Waals surface area contributed by atoms with Crippen LogP contribution in [-0.2, 0) is 9.59 Å². The van der Waals surface area contributed by atoms with E-state index in [1.165, 1.54) is 18.2 Å². The molecule has 0 N–H and O–H groups in total. The van der Waals surface area contributed by atoms with Gasteiger partial charge in [-0.15, -0.1) is 0 Å². The lowest BCUT2D eigenvalue weighted by Crippen LogP contribution is -2.57. The van der Waals surface area contributed by atoms with Gasteiger partial charge in [0.15, 0.2) is 0 Å². The summed E-state index contributed by atoms with van der Waals surface area (Å²) in [5.74, 6) is -1.08. The number of hydrogen-bond acceptors (Lipinski definition) is 6. The number of rotatable bonds is 5. The van der Waals surface area contributed by atoms with Crippen LogP contribution in [0.1, 0.15) is 16.9 Å². The first-order valence-electron chi connectivity index (χ1n) is 11.7. The first kappa shape index (κ1) is 24.4. The van der Waals surface area contributed by atoms with E-state index in [2.05, 4.69) is 0 Å². The summed E-state index contributed by atoms with van der Waals surface area (Å²) in [5, 5.41) is 11.2. The average Bonchev–Trinajstić information content (AvgIpc) is 3.37. The van der Waals surface area contributed by atoms with Gasteiger partial charge < -0.3 is 4.42 Å². The van der Waals surface area contributed by atoms with E-state index >= 15 is 0 Å². The molecule has 4 amide bonds. The Bertz CT molecular complexity index is 1620. The SMILES string of the molecule is Cc1ccc(N2C(=O)/C(=C/c3ccc(-c4cc([N+](=O)[O-])ccc4C)o3)C(=O)N(c3ccccc3)C2=O)cc1. The highest BCUT2D eigenvalue weighted by Gasteiger charge is 2.43. The minimum atomic E-state index is -0.793. The van der Waals surface area contributed by atoms with Gasteiger partial charge in [0.2, 0.25) is 0 Å². The highest BCUT2D eigenvalue weighted by molar-refractivity contribution is 6.46. The van der Waals surface area contributed by atoms with E-state index in [0.29, 0.717) is 22.7 Å². The fourth-order valence-electron chi connectivity index (χ4n) is 4.16. The zero-order valence-electron chi connectivity index (χ0n) is 20.5. The molecule has 3 aromatic carbocycles. The number of imide groups is 2. The van der Waals surface area contributed by atoms with Crippen molar-refractivity contribution in [2.24, 2.45) is 0 Å². The summed E-state index contributed by atoms with van der Waals surface area (Å²) in [7, 11) is 0. The van der Waals surface area contributed by atoms with Gasteiger partial charge in [-0.25, -0.2) is 14.6 Å². The van der Waals surface area contributed by atoms with Crippen molar-refractivity contribution in [3.63, 3.8) is 0 Å². The molecule has 1 aliphatic heterocycles. The maximum atomic E-state index is 13.5. The van der Waals surface area contributed by atoms with Gasteiger partial charge >= 0.3 is 6.03 Å². The maximum absolute atomic E-state index is 13.5. The van der Waals surface area contributed by atoms with E-state index in [0.717, 1.165) is 20.9 Å². The number of nitro benzene ring substituents is 1. The molecule has 38 heavy (non-hydrogen) atoms. The van der Waals surface area contributed by atoms with Gasteiger partial charge in [-0.1, -0.05) is 42.0 Å². The fourth-order valence-corrected chi connectivity index (χ4v) is 4.16. The maximum Gasteiger partial charge on any atom is 0.343 e. The minimum absolute atomic E-state index is 0.0923. The van der Waals surface area contributed by atoms with Gasteiger partial charge in [0, 0.05) is 17.7 Å². The number of carbonyl (C=O) groups excluding carboxylic acids is 3. The summed E-state index contributed by atoms with van der Waals surface area (Å²) in [6, 6.07) is 21.9. The number of furan rings is 1. The number of non-ortho nitro benzene ring substituents is 1. The second-order valence-corrected chi connectivity index (χ2v) is 8.75. The normalized spacial score (nSPS) is 14.9. The Kier molecular flexibility index (Phi) is 6.18. The van der Waals surface area contributed by atoms with Crippen molar-refractivity contribution < 1.29 is 23.7 Å². The molecule has 9 heteroatoms. The Hall–Kier alpha value is -5.31. The molecule has 5 rings (SSSR count). The van der Waals surface area contributed by atoms with Crippen molar-refractivity contribution in [3.8, 4) is 11.3 Å². The van der Waals surface area contributed by atoms with Gasteiger partial charge in [0.1, 0.15) is 17.1 Å². The number of carbonyl (C=O) groups is 3. The predicted octanol–water partition coefficient (Wildman–Crippen LogP) is 6.06. The summed E-state index contributed by atoms with van der Waals surface area (Å²) in [5.41, 5.74) is 2.46. The van der Waals surface area contributed by atoms with Crippen LogP contribution in [-0.4, -0.2) is 22.8 Å². The number of amides is 4. The fraction of sp³-hybridized carbons (Fsp3) is 0.0690. The van der Waals surface area contributed by atoms with E-state index in [9.17, 15) is 24.5 Å². The number of benzene rings is 3. The monoisotopic (exact) mass is 507 g/mol. The van der Waals surface area contributed by atoms with Gasteiger partial charge in [-0.05, 0) is 61.9 Å². The lowest BCUT2D eigenvalue weighted by Gasteiger charge is -2.33. The number of barbiturate groups is 1. The number of aryl methyl sites for hydroxylation is 2. The van der Waals surface area contributed by atoms with Crippen LogP contribution in [0.5, 0.6) is 0 Å². The van der Waals surface area contributed by atoms with Crippen LogP contribution in [0.3, 0.4) is 0 Å². The zero-order chi connectivity index (χ0) is 27.0. The smallest absolute Gasteiger partial charge is 0.343 e. The Morgan fingerprint density at radius 3 is 2.05 bits per heavy atom. The van der Waals surface area contributed by atoms with Crippen LogP contribution in [0, 0.1) is 24.0 Å². The number of nitrogens with zero attached hydrogens (tertiary/aromatic N) is 3. The highest BCUT2D eigenvalue weighted by atomic mass is 16.6. The molecule has 0 atom stereocenters. The molecular formula is C29H21N3O6. The van der Waals surface area contributed by atoms with E-state index in [4.69, 9.17) is 4.42 Å². The third-order valence-corrected chi connectivity index (χ3v) is 6.17. The van der Waals surface area contributed by atoms with Crippen molar-refractivity contribution in [1.29, 1.82) is 0 Å². The van der Waals surface area contributed by atoms with Crippen LogP contribution >= 0.6 is 0 Å². The lowest BCUT2D eigenvalue weighted by atomic mass is 10.1. The quantitative estimate of drug-likeness (QED) is 0.140. The van der Waals surface area contributed by atoms with Crippen LogP contribution in [0.15, 0.2) is 94.9 Å². The molecule has 2 heterocycles. The molecule has 0 radical (unpaired) electrons. The number of para-hydroxylation sites is 1. The average molecular weight is 508 g/mol. The summed E-state index contributed by atoms with van der Waals surface area (Å²) >= 11 is 0. The molecule has 1 aromatic heterocycles. The molecule has 0 bridgehead atoms. The molecule has 1 fully saturated rings. The van der Waals surface area contributed by atoms with Crippen molar-refractivity contribution in [2.45, 2.75) is 13.8 Å². The van der Waals surface area contributed by atoms with Crippen LogP contribution in [0.2, 0.25) is 0 Å². The number of hydrogen-bond donors (Lipinski definition) is 0. The molecule has 0 saturated carbocycles. The zero-order valence-corrected chi connectivity index (χ0v) is 20.5. The highest BCUT2D eigenvalue weighted by Crippen LogP contribution is 2.32. The molecule has 9 nitrogen and oxygen atoms in total. The van der Waals surface area contributed by atoms with Crippen molar-refractivity contribution in [2.75, 3.05) is 9.80 Å². The van der Waals surface area contributed by atoms with Crippen LogP contribution < -0.4 is 9.80 Å². The first-order valence-corrected chi connectivity index (χ1v) is 11.7. The first-order chi connectivity index (χ1) is 18.2. The summed E-state index contributed by atoms with van der Waals surface area (Å²) < 4.78 is 5.88. The van der Waals surface area contributed by atoms with Crippen molar-refractivity contribution >= 4 is 41.0 Å². The predicted molar refractivity (Wildman–Crippen MR) is 142 cm³/mol. The molecule has 0 unspecified atom stereocenters. The topological polar surface area (TPSA) is 114 Å². The Morgan fingerprint density at radius 1 is 0.789 bits per heavy atom. The lowest BCUT2D eigenvalue weighted by molar-refractivity contribution is -0.384. The standard InChI is InChI=1S/C29H21N3O6/c1-18-8-11-21(12-9-18)31-28(34)25(27(33)30(29(31)35)20-6-4-3-5-7-20)17-23-14-15-26(38-23)24-16-22(32(36)37)13-10-19(24)2/h3-17H,1-2H3/b25-17+. The minimum Gasteiger partial charge on any atom is -0.457 e. The molecule has 4 aromatic rings. The second-order valence-electron chi connectivity index (χ2n) is 8.75. The Labute approximate surface area is 217 Å². The van der Waals surface area contributed by atoms with E-state index in [-0.39, 0.29) is 17.0 Å². The number of urea groups is 1. The van der Waals surface area contributed by atoms with Gasteiger partial charge in [0.25, 0.3) is 17.5 Å². The third kappa shape index (κ3) is 4.37. The van der Waals surface area contributed by atoms with Gasteiger partial charge in [0.05, 0.1) is 16.3 Å². The molecule has 0 aliphatic carbocycles. The van der Waals surface area contributed by atoms with E-state index in [1.54, 1.807) is 79.7 Å². The molecule has 1 saturated heterocycles. The molecule has 0 spiro atoms. The molecule has 1 aliphatic rings. The third-order valence-electron chi connectivity index (χ3n) is 6.17. The van der Waals surface area contributed by atoms with Gasteiger partial charge in [-0.2, -0.15) is 0 Å². The van der Waals surface area contributed by atoms with E-state index < -0.39 is 22.8 Å². The van der Waals surface area contributed by atoms with Crippen molar-refractivity contribution in [3.05, 3.63) is 118 Å². The van der Waals surface area contributed by atoms with Crippen molar-refractivity contribution in [1.82, 2.24) is 0 Å². The summed E-state index contributed by atoms with van der Waals surface area (Å²) in [4.78, 5) is 53.1. The Balaban J connectivity index is 1.59. The molecule has 188 valence electrons. The Morgan fingerprint density at radius 2 is 1.42 bits per heavy atom. The van der Waals surface area contributed by atoms with E-state index in [1.807, 2.05) is 6.92 Å². The number of nitro groups is 1. The largest absolute Gasteiger partial charge is 0.457 e. The summed E-state index contributed by atoms with van der Waals surface area (Å²) in [6.45, 7) is 3.67. The van der Waals surface area contributed by atoms with Gasteiger partial charge in [-0.3, -0.25) is 19.7 Å². The van der Waals surface area contributed by atoms with Crippen LogP contribution in [0.25, 0.3) is 17.4 Å². The number of anilines is 2. The van der Waals surface area contributed by atoms with Crippen LogP contribution in [0.4, 0.5) is 21.9 Å².